The van der Waals surface area contributed by atoms with E-state index in [0.717, 1.165) is 25.1 Å². The Hall–Kier alpha value is -0.410. The van der Waals surface area contributed by atoms with Crippen molar-refractivity contribution in [1.29, 1.82) is 0 Å². The van der Waals surface area contributed by atoms with Crippen LogP contribution in [0.5, 0.6) is 0 Å². The molecule has 1 saturated heterocycles. The standard InChI is InChI=1S/C11H13BrFN/c12-10-4-3-8(6-11(10)13)9-2-1-5-14-7-9/h3-4,6,9,14H,1-2,5,7H2/t9-/m0/s1. The first-order valence-corrected chi connectivity index (χ1v) is 5.72. The molecule has 76 valence electrons. The molecule has 0 bridgehead atoms. The first kappa shape index (κ1) is 10.1. The Labute approximate surface area is 91.8 Å². The van der Waals surface area contributed by atoms with Crippen molar-refractivity contribution in [2.24, 2.45) is 0 Å². The monoisotopic (exact) mass is 257 g/mol. The van der Waals surface area contributed by atoms with Gasteiger partial charge in [0.1, 0.15) is 5.82 Å². The first-order chi connectivity index (χ1) is 6.77. The third-order valence-corrected chi connectivity index (χ3v) is 3.36. The van der Waals surface area contributed by atoms with Gasteiger partial charge in [0.25, 0.3) is 0 Å². The molecule has 3 heteroatoms. The highest BCUT2D eigenvalue weighted by molar-refractivity contribution is 9.10. The summed E-state index contributed by atoms with van der Waals surface area (Å²) < 4.78 is 13.8. The maximum absolute atomic E-state index is 13.3. The summed E-state index contributed by atoms with van der Waals surface area (Å²) in [5.74, 6) is 0.319. The van der Waals surface area contributed by atoms with Crippen LogP contribution >= 0.6 is 15.9 Å². The van der Waals surface area contributed by atoms with Crippen molar-refractivity contribution in [3.05, 3.63) is 34.1 Å². The predicted molar refractivity (Wildman–Crippen MR) is 58.9 cm³/mol. The summed E-state index contributed by atoms with van der Waals surface area (Å²) in [6, 6.07) is 5.44. The molecule has 1 aliphatic heterocycles. The Bertz CT molecular complexity index is 321. The summed E-state index contributed by atoms with van der Waals surface area (Å²) in [5.41, 5.74) is 1.11. The summed E-state index contributed by atoms with van der Waals surface area (Å²) in [6.45, 7) is 2.07. The lowest BCUT2D eigenvalue weighted by Gasteiger charge is -2.23. The van der Waals surface area contributed by atoms with E-state index in [9.17, 15) is 4.39 Å². The van der Waals surface area contributed by atoms with Crippen molar-refractivity contribution in [3.63, 3.8) is 0 Å². The van der Waals surface area contributed by atoms with Crippen molar-refractivity contribution in [1.82, 2.24) is 5.32 Å². The maximum atomic E-state index is 13.3. The second-order valence-corrected chi connectivity index (χ2v) is 4.57. The van der Waals surface area contributed by atoms with Crippen LogP contribution in [0.2, 0.25) is 0 Å². The molecule has 0 unspecified atom stereocenters. The van der Waals surface area contributed by atoms with E-state index >= 15 is 0 Å². The smallest absolute Gasteiger partial charge is 0.137 e. The summed E-state index contributed by atoms with van der Waals surface area (Å²) in [5, 5.41) is 3.33. The largest absolute Gasteiger partial charge is 0.316 e. The number of hydrogen-bond donors (Lipinski definition) is 1. The highest BCUT2D eigenvalue weighted by atomic mass is 79.9. The van der Waals surface area contributed by atoms with Crippen LogP contribution in [0.15, 0.2) is 22.7 Å². The molecule has 0 aliphatic carbocycles. The van der Waals surface area contributed by atoms with E-state index < -0.39 is 0 Å². The quantitative estimate of drug-likeness (QED) is 0.816. The van der Waals surface area contributed by atoms with E-state index in [4.69, 9.17) is 0 Å². The number of benzene rings is 1. The summed E-state index contributed by atoms with van der Waals surface area (Å²) >= 11 is 3.16. The molecule has 1 fully saturated rings. The summed E-state index contributed by atoms with van der Waals surface area (Å²) in [6.07, 6.45) is 2.34. The Morgan fingerprint density at radius 1 is 1.43 bits per heavy atom. The van der Waals surface area contributed by atoms with Crippen LogP contribution in [-0.2, 0) is 0 Å². The van der Waals surface area contributed by atoms with Crippen LogP contribution < -0.4 is 5.32 Å². The predicted octanol–water partition coefficient (Wildman–Crippen LogP) is 3.06. The number of piperidine rings is 1. The molecule has 1 aromatic rings. The third-order valence-electron chi connectivity index (χ3n) is 2.71. The normalized spacial score (nSPS) is 22.3. The number of halogens is 2. The van der Waals surface area contributed by atoms with Crippen LogP contribution in [0.1, 0.15) is 24.3 Å². The van der Waals surface area contributed by atoms with Gasteiger partial charge in [0.15, 0.2) is 0 Å². The van der Waals surface area contributed by atoms with Crippen molar-refractivity contribution in [2.45, 2.75) is 18.8 Å². The van der Waals surface area contributed by atoms with Crippen LogP contribution in [-0.4, -0.2) is 13.1 Å². The fourth-order valence-electron chi connectivity index (χ4n) is 1.90. The van der Waals surface area contributed by atoms with Gasteiger partial charge in [-0.1, -0.05) is 6.07 Å². The van der Waals surface area contributed by atoms with Crippen molar-refractivity contribution in [2.75, 3.05) is 13.1 Å². The molecule has 1 aromatic carbocycles. The lowest BCUT2D eigenvalue weighted by atomic mass is 9.92. The average Bonchev–Trinajstić information content (AvgIpc) is 2.23. The highest BCUT2D eigenvalue weighted by Gasteiger charge is 2.15. The van der Waals surface area contributed by atoms with E-state index in [0.29, 0.717) is 10.4 Å². The zero-order chi connectivity index (χ0) is 9.97. The molecule has 0 aromatic heterocycles. The lowest BCUT2D eigenvalue weighted by Crippen LogP contribution is -2.28. The van der Waals surface area contributed by atoms with E-state index in [1.807, 2.05) is 6.07 Å². The number of hydrogen-bond acceptors (Lipinski definition) is 1. The van der Waals surface area contributed by atoms with Gasteiger partial charge in [-0.3, -0.25) is 0 Å². The number of nitrogens with one attached hydrogen (secondary N) is 1. The molecule has 14 heavy (non-hydrogen) atoms. The minimum atomic E-state index is -0.159. The minimum absolute atomic E-state index is 0.159. The summed E-state index contributed by atoms with van der Waals surface area (Å²) in [7, 11) is 0. The van der Waals surface area contributed by atoms with E-state index in [1.54, 1.807) is 12.1 Å². The molecule has 0 spiro atoms. The van der Waals surface area contributed by atoms with Gasteiger partial charge in [-0.15, -0.1) is 0 Å². The fourth-order valence-corrected chi connectivity index (χ4v) is 2.15. The zero-order valence-corrected chi connectivity index (χ0v) is 9.48. The Morgan fingerprint density at radius 3 is 2.93 bits per heavy atom. The Balaban J connectivity index is 2.18. The molecule has 0 saturated carbocycles. The molecule has 1 aliphatic rings. The molecular weight excluding hydrogens is 245 g/mol. The van der Waals surface area contributed by atoms with Crippen molar-refractivity contribution >= 4 is 15.9 Å². The SMILES string of the molecule is Fc1cc([C@H]2CCCNC2)ccc1Br. The van der Waals surface area contributed by atoms with Gasteiger partial charge < -0.3 is 5.32 Å². The molecule has 1 atom stereocenters. The Kier molecular flexibility index (Phi) is 3.19. The fraction of sp³-hybridized carbons (Fsp3) is 0.455. The van der Waals surface area contributed by atoms with Crippen LogP contribution in [0.25, 0.3) is 0 Å². The molecule has 2 rings (SSSR count). The van der Waals surface area contributed by atoms with Crippen molar-refractivity contribution in [3.8, 4) is 0 Å². The molecular formula is C11H13BrFN. The van der Waals surface area contributed by atoms with E-state index in [2.05, 4.69) is 21.2 Å². The van der Waals surface area contributed by atoms with Crippen LogP contribution in [0.3, 0.4) is 0 Å². The maximum Gasteiger partial charge on any atom is 0.137 e. The van der Waals surface area contributed by atoms with Gasteiger partial charge in [0.05, 0.1) is 4.47 Å². The molecule has 1 N–H and O–H groups in total. The van der Waals surface area contributed by atoms with Gasteiger partial charge in [-0.2, -0.15) is 0 Å². The van der Waals surface area contributed by atoms with E-state index in [-0.39, 0.29) is 5.82 Å². The van der Waals surface area contributed by atoms with Gasteiger partial charge in [-0.05, 0) is 58.9 Å². The second kappa shape index (κ2) is 4.41. The second-order valence-electron chi connectivity index (χ2n) is 3.72. The molecule has 1 heterocycles. The highest BCUT2D eigenvalue weighted by Crippen LogP contribution is 2.26. The van der Waals surface area contributed by atoms with E-state index in [1.165, 1.54) is 6.42 Å². The zero-order valence-electron chi connectivity index (χ0n) is 7.89. The molecule has 0 radical (unpaired) electrons. The van der Waals surface area contributed by atoms with Gasteiger partial charge in [0.2, 0.25) is 0 Å². The lowest BCUT2D eigenvalue weighted by molar-refractivity contribution is 0.459. The van der Waals surface area contributed by atoms with Gasteiger partial charge >= 0.3 is 0 Å². The van der Waals surface area contributed by atoms with Crippen LogP contribution in [0.4, 0.5) is 4.39 Å². The number of rotatable bonds is 1. The summed E-state index contributed by atoms with van der Waals surface area (Å²) in [4.78, 5) is 0. The molecule has 0 amide bonds. The topological polar surface area (TPSA) is 12.0 Å². The molecule has 1 nitrogen and oxygen atoms in total. The van der Waals surface area contributed by atoms with Crippen LogP contribution in [0, 0.1) is 5.82 Å². The van der Waals surface area contributed by atoms with Crippen molar-refractivity contribution < 1.29 is 4.39 Å². The first-order valence-electron chi connectivity index (χ1n) is 4.93. The third kappa shape index (κ3) is 2.15. The van der Waals surface area contributed by atoms with Gasteiger partial charge in [0, 0.05) is 6.54 Å². The average molecular weight is 258 g/mol. The minimum Gasteiger partial charge on any atom is -0.316 e. The Morgan fingerprint density at radius 2 is 2.29 bits per heavy atom. The van der Waals surface area contributed by atoms with Gasteiger partial charge in [-0.25, -0.2) is 4.39 Å².